The molecule has 1 aromatic carbocycles. The van der Waals surface area contributed by atoms with Crippen LogP contribution in [0.1, 0.15) is 28.8 Å². The second-order valence-corrected chi connectivity index (χ2v) is 6.38. The first-order valence-corrected chi connectivity index (χ1v) is 8.58. The van der Waals surface area contributed by atoms with Gasteiger partial charge in [-0.2, -0.15) is 11.8 Å². The molecule has 0 spiro atoms. The molecule has 0 aliphatic carbocycles. The highest BCUT2D eigenvalue weighted by Crippen LogP contribution is 2.21. The molecule has 0 unspecified atom stereocenters. The van der Waals surface area contributed by atoms with Crippen LogP contribution in [0.15, 0.2) is 24.3 Å². The predicted octanol–water partition coefficient (Wildman–Crippen LogP) is 3.45. The third kappa shape index (κ3) is 4.02. The summed E-state index contributed by atoms with van der Waals surface area (Å²) >= 11 is 5.42. The Morgan fingerprint density at radius 3 is 2.56 bits per heavy atom. The van der Waals surface area contributed by atoms with Crippen molar-refractivity contribution in [2.45, 2.75) is 18.2 Å². The van der Waals surface area contributed by atoms with Crippen LogP contribution in [0.3, 0.4) is 0 Å². The van der Waals surface area contributed by atoms with Crippen LogP contribution in [0.4, 0.5) is 0 Å². The highest BCUT2D eigenvalue weighted by atomic mass is 79.9. The number of carbonyl (C=O) groups is 1. The Kier molecular flexibility index (Phi) is 5.57. The number of hydrogen-bond donors (Lipinski definition) is 1. The van der Waals surface area contributed by atoms with Crippen molar-refractivity contribution in [3.05, 3.63) is 35.4 Å². The van der Waals surface area contributed by atoms with Gasteiger partial charge in [0, 0.05) is 17.4 Å². The van der Waals surface area contributed by atoms with Crippen molar-refractivity contribution in [1.29, 1.82) is 0 Å². The number of benzene rings is 1. The highest BCUT2D eigenvalue weighted by Gasteiger charge is 2.14. The Bertz CT molecular complexity index is 387. The molecule has 18 heavy (non-hydrogen) atoms. The number of nitrogens with one attached hydrogen (secondary N) is 1. The lowest BCUT2D eigenvalue weighted by Gasteiger charge is -2.21. The van der Waals surface area contributed by atoms with Gasteiger partial charge in [-0.15, -0.1) is 0 Å². The molecule has 1 aliphatic heterocycles. The lowest BCUT2D eigenvalue weighted by atomic mass is 10.0. The number of hydrogen-bond acceptors (Lipinski definition) is 2. The summed E-state index contributed by atoms with van der Waals surface area (Å²) in [6.45, 7) is 0.819. The van der Waals surface area contributed by atoms with E-state index in [1.165, 1.54) is 29.9 Å². The number of alkyl halides is 1. The quantitative estimate of drug-likeness (QED) is 0.858. The molecule has 1 aliphatic rings. The average molecular weight is 328 g/mol. The third-order valence-electron chi connectivity index (χ3n) is 3.26. The number of thioether (sulfide) groups is 1. The van der Waals surface area contributed by atoms with Crippen molar-refractivity contribution >= 4 is 33.6 Å². The fourth-order valence-electron chi connectivity index (χ4n) is 2.03. The van der Waals surface area contributed by atoms with Gasteiger partial charge < -0.3 is 5.32 Å². The molecule has 0 atom stereocenters. The van der Waals surface area contributed by atoms with E-state index in [9.17, 15) is 4.79 Å². The number of amides is 1. The van der Waals surface area contributed by atoms with E-state index in [2.05, 4.69) is 21.2 Å². The molecule has 1 heterocycles. The van der Waals surface area contributed by atoms with E-state index in [-0.39, 0.29) is 5.91 Å². The van der Waals surface area contributed by atoms with Crippen LogP contribution in [-0.4, -0.2) is 24.0 Å². The highest BCUT2D eigenvalue weighted by molar-refractivity contribution is 9.08. The summed E-state index contributed by atoms with van der Waals surface area (Å²) in [6, 6.07) is 7.76. The van der Waals surface area contributed by atoms with Crippen molar-refractivity contribution in [1.82, 2.24) is 5.32 Å². The molecule has 1 amide bonds. The third-order valence-corrected chi connectivity index (χ3v) is 4.96. The SMILES string of the molecule is O=C(NCC1CCSCC1)c1ccc(CBr)cc1. The van der Waals surface area contributed by atoms with Crippen LogP contribution in [0.25, 0.3) is 0 Å². The van der Waals surface area contributed by atoms with Gasteiger partial charge in [0.05, 0.1) is 0 Å². The first-order chi connectivity index (χ1) is 8.79. The van der Waals surface area contributed by atoms with Gasteiger partial charge in [0.2, 0.25) is 0 Å². The van der Waals surface area contributed by atoms with Crippen LogP contribution in [0, 0.1) is 5.92 Å². The Morgan fingerprint density at radius 1 is 1.28 bits per heavy atom. The zero-order chi connectivity index (χ0) is 12.8. The largest absolute Gasteiger partial charge is 0.352 e. The molecular weight excluding hydrogens is 310 g/mol. The summed E-state index contributed by atoms with van der Waals surface area (Å²) in [4.78, 5) is 12.0. The van der Waals surface area contributed by atoms with Crippen LogP contribution in [-0.2, 0) is 5.33 Å². The van der Waals surface area contributed by atoms with E-state index in [1.54, 1.807) is 0 Å². The molecule has 2 rings (SSSR count). The molecule has 98 valence electrons. The zero-order valence-electron chi connectivity index (χ0n) is 10.3. The first kappa shape index (κ1) is 13.9. The Labute approximate surface area is 121 Å². The number of rotatable bonds is 4. The summed E-state index contributed by atoms with van der Waals surface area (Å²) in [7, 11) is 0. The molecule has 0 aromatic heterocycles. The van der Waals surface area contributed by atoms with E-state index in [0.717, 1.165) is 17.4 Å². The monoisotopic (exact) mass is 327 g/mol. The molecule has 1 N–H and O–H groups in total. The summed E-state index contributed by atoms with van der Waals surface area (Å²) in [6.07, 6.45) is 2.46. The average Bonchev–Trinajstić information content (AvgIpc) is 2.46. The van der Waals surface area contributed by atoms with Crippen molar-refractivity contribution in [2.75, 3.05) is 18.1 Å². The zero-order valence-corrected chi connectivity index (χ0v) is 12.7. The Morgan fingerprint density at radius 2 is 1.94 bits per heavy atom. The lowest BCUT2D eigenvalue weighted by Crippen LogP contribution is -2.30. The minimum absolute atomic E-state index is 0.0503. The molecule has 0 radical (unpaired) electrons. The van der Waals surface area contributed by atoms with Crippen LogP contribution in [0.5, 0.6) is 0 Å². The van der Waals surface area contributed by atoms with Crippen molar-refractivity contribution in [3.63, 3.8) is 0 Å². The van der Waals surface area contributed by atoms with Crippen LogP contribution >= 0.6 is 27.7 Å². The summed E-state index contributed by atoms with van der Waals surface area (Å²) < 4.78 is 0. The van der Waals surface area contributed by atoms with Crippen LogP contribution in [0.2, 0.25) is 0 Å². The Balaban J connectivity index is 1.82. The van der Waals surface area contributed by atoms with E-state index in [4.69, 9.17) is 0 Å². The maximum atomic E-state index is 12.0. The van der Waals surface area contributed by atoms with Gasteiger partial charge in [-0.25, -0.2) is 0 Å². The van der Waals surface area contributed by atoms with Crippen molar-refractivity contribution in [3.8, 4) is 0 Å². The standard InChI is InChI=1S/C14H18BrNOS/c15-9-11-1-3-13(4-2-11)14(17)16-10-12-5-7-18-8-6-12/h1-4,12H,5-10H2,(H,16,17). The van der Waals surface area contributed by atoms with Gasteiger partial charge in [0.1, 0.15) is 0 Å². The smallest absolute Gasteiger partial charge is 0.251 e. The molecular formula is C14H18BrNOS. The van der Waals surface area contributed by atoms with Gasteiger partial charge >= 0.3 is 0 Å². The Hall–Kier alpha value is -0.480. The summed E-state index contributed by atoms with van der Waals surface area (Å²) in [5.41, 5.74) is 1.95. The molecule has 1 fully saturated rings. The first-order valence-electron chi connectivity index (χ1n) is 6.30. The maximum Gasteiger partial charge on any atom is 0.251 e. The van der Waals surface area contributed by atoms with E-state index < -0.39 is 0 Å². The second kappa shape index (κ2) is 7.19. The minimum atomic E-state index is 0.0503. The molecule has 1 saturated heterocycles. The lowest BCUT2D eigenvalue weighted by molar-refractivity contribution is 0.0946. The predicted molar refractivity (Wildman–Crippen MR) is 81.5 cm³/mol. The molecule has 1 aromatic rings. The molecule has 2 nitrogen and oxygen atoms in total. The summed E-state index contributed by atoms with van der Waals surface area (Å²) in [5, 5.41) is 3.87. The van der Waals surface area contributed by atoms with E-state index in [0.29, 0.717) is 5.92 Å². The second-order valence-electron chi connectivity index (χ2n) is 4.60. The number of carbonyl (C=O) groups excluding carboxylic acids is 1. The van der Waals surface area contributed by atoms with Gasteiger partial charge in [-0.1, -0.05) is 28.1 Å². The fourth-order valence-corrected chi connectivity index (χ4v) is 3.61. The normalized spacial score (nSPS) is 16.5. The van der Waals surface area contributed by atoms with E-state index >= 15 is 0 Å². The molecule has 0 saturated carbocycles. The fraction of sp³-hybridized carbons (Fsp3) is 0.500. The van der Waals surface area contributed by atoms with Gasteiger partial charge in [0.25, 0.3) is 5.91 Å². The maximum absolute atomic E-state index is 12.0. The van der Waals surface area contributed by atoms with Gasteiger partial charge in [-0.05, 0) is 48.0 Å². The van der Waals surface area contributed by atoms with Gasteiger partial charge in [-0.3, -0.25) is 4.79 Å². The summed E-state index contributed by atoms with van der Waals surface area (Å²) in [5.74, 6) is 3.19. The van der Waals surface area contributed by atoms with Crippen LogP contribution < -0.4 is 5.32 Å². The van der Waals surface area contributed by atoms with Gasteiger partial charge in [0.15, 0.2) is 0 Å². The van der Waals surface area contributed by atoms with Crippen molar-refractivity contribution in [2.24, 2.45) is 5.92 Å². The van der Waals surface area contributed by atoms with Crippen molar-refractivity contribution < 1.29 is 4.79 Å². The van der Waals surface area contributed by atoms with E-state index in [1.807, 2.05) is 36.0 Å². The topological polar surface area (TPSA) is 29.1 Å². The number of halogens is 1. The minimum Gasteiger partial charge on any atom is -0.352 e. The molecule has 4 heteroatoms. The molecule has 0 bridgehead atoms.